The van der Waals surface area contributed by atoms with Crippen molar-refractivity contribution >= 4 is 28.9 Å². The number of ether oxygens (including phenoxy) is 2. The van der Waals surface area contributed by atoms with Gasteiger partial charge in [-0.25, -0.2) is 13.6 Å². The molecule has 0 radical (unpaired) electrons. The van der Waals surface area contributed by atoms with Crippen LogP contribution in [0.4, 0.5) is 14.5 Å². The third-order valence-corrected chi connectivity index (χ3v) is 3.43. The van der Waals surface area contributed by atoms with Crippen LogP contribution in [0.1, 0.15) is 5.56 Å². The molecule has 1 aromatic rings. The van der Waals surface area contributed by atoms with Crippen molar-refractivity contribution in [2.75, 3.05) is 31.8 Å². The van der Waals surface area contributed by atoms with Gasteiger partial charge in [0.2, 0.25) is 0 Å². The largest absolute Gasteiger partial charge is 0.467 e. The maximum atomic E-state index is 14.2. The number of thiocarbonyl (C=S) groups is 1. The summed E-state index contributed by atoms with van der Waals surface area (Å²) in [5.74, 6) is -2.30. The van der Waals surface area contributed by atoms with E-state index in [9.17, 15) is 13.6 Å². The smallest absolute Gasteiger partial charge is 0.330 e. The molecule has 2 N–H and O–H groups in total. The third kappa shape index (κ3) is 3.11. The molecule has 0 amide bonds. The van der Waals surface area contributed by atoms with Crippen LogP contribution in [0, 0.1) is 11.6 Å². The van der Waals surface area contributed by atoms with E-state index in [2.05, 4.69) is 4.74 Å². The summed E-state index contributed by atoms with van der Waals surface area (Å²) < 4.78 is 38.2. The number of halogens is 2. The van der Waals surface area contributed by atoms with Gasteiger partial charge in [-0.2, -0.15) is 0 Å². The van der Waals surface area contributed by atoms with Crippen molar-refractivity contribution in [2.24, 2.45) is 5.73 Å². The quantitative estimate of drug-likeness (QED) is 0.662. The van der Waals surface area contributed by atoms with Crippen LogP contribution in [0.3, 0.4) is 0 Å². The average Bonchev–Trinajstić information content (AvgIpc) is 2.46. The molecule has 1 fully saturated rings. The highest BCUT2D eigenvalue weighted by molar-refractivity contribution is 7.80. The molecule has 0 aliphatic carbocycles. The molecule has 0 spiro atoms. The first-order valence-corrected chi connectivity index (χ1v) is 6.57. The Kier molecular flexibility index (Phi) is 4.69. The average molecular weight is 316 g/mol. The van der Waals surface area contributed by atoms with Gasteiger partial charge in [0.05, 0.1) is 20.3 Å². The second kappa shape index (κ2) is 6.31. The topological polar surface area (TPSA) is 64.8 Å². The molecule has 8 heteroatoms. The van der Waals surface area contributed by atoms with E-state index in [4.69, 9.17) is 22.7 Å². The summed E-state index contributed by atoms with van der Waals surface area (Å²) in [5.41, 5.74) is 5.15. The van der Waals surface area contributed by atoms with Gasteiger partial charge in [0.15, 0.2) is 6.04 Å². The van der Waals surface area contributed by atoms with Crippen LogP contribution < -0.4 is 10.6 Å². The predicted molar refractivity (Wildman–Crippen MR) is 76.2 cm³/mol. The molecule has 0 saturated carbocycles. The van der Waals surface area contributed by atoms with Gasteiger partial charge in [0.1, 0.15) is 22.3 Å². The monoisotopic (exact) mass is 316 g/mol. The van der Waals surface area contributed by atoms with Gasteiger partial charge in [0, 0.05) is 12.1 Å². The first kappa shape index (κ1) is 15.6. The zero-order chi connectivity index (χ0) is 15.6. The highest BCUT2D eigenvalue weighted by atomic mass is 32.1. The van der Waals surface area contributed by atoms with Crippen molar-refractivity contribution in [1.29, 1.82) is 0 Å². The minimum Gasteiger partial charge on any atom is -0.467 e. The van der Waals surface area contributed by atoms with E-state index in [-0.39, 0.29) is 36.0 Å². The number of benzene rings is 1. The van der Waals surface area contributed by atoms with Crippen molar-refractivity contribution in [3.8, 4) is 0 Å². The number of esters is 1. The predicted octanol–water partition coefficient (Wildman–Crippen LogP) is 0.977. The molecule has 0 bridgehead atoms. The summed E-state index contributed by atoms with van der Waals surface area (Å²) in [7, 11) is 1.21. The van der Waals surface area contributed by atoms with Crippen molar-refractivity contribution in [1.82, 2.24) is 0 Å². The van der Waals surface area contributed by atoms with E-state index < -0.39 is 23.6 Å². The van der Waals surface area contributed by atoms with Crippen LogP contribution >= 0.6 is 12.2 Å². The second-order valence-electron chi connectivity index (χ2n) is 4.46. The van der Waals surface area contributed by atoms with Gasteiger partial charge in [-0.1, -0.05) is 12.2 Å². The summed E-state index contributed by atoms with van der Waals surface area (Å²) >= 11 is 4.70. The molecule has 1 heterocycles. The number of nitrogens with two attached hydrogens (primary N) is 1. The van der Waals surface area contributed by atoms with Crippen molar-refractivity contribution in [2.45, 2.75) is 6.04 Å². The highest BCUT2D eigenvalue weighted by Crippen LogP contribution is 2.28. The Labute approximate surface area is 125 Å². The van der Waals surface area contributed by atoms with Gasteiger partial charge in [-0.3, -0.25) is 0 Å². The molecule has 5 nitrogen and oxygen atoms in total. The number of hydrogen-bond donors (Lipinski definition) is 1. The number of morpholine rings is 1. The SMILES string of the molecule is COC(=O)C1COCCN1c1c(F)cc(C(N)=S)cc1F. The van der Waals surface area contributed by atoms with Gasteiger partial charge in [0.25, 0.3) is 0 Å². The van der Waals surface area contributed by atoms with Crippen LogP contribution in [-0.4, -0.2) is 43.9 Å². The molecule has 1 aliphatic heterocycles. The number of hydrogen-bond acceptors (Lipinski definition) is 5. The number of rotatable bonds is 3. The molecule has 1 aromatic carbocycles. The van der Waals surface area contributed by atoms with Gasteiger partial charge >= 0.3 is 5.97 Å². The fourth-order valence-corrected chi connectivity index (χ4v) is 2.30. The van der Waals surface area contributed by atoms with E-state index in [1.54, 1.807) is 0 Å². The summed E-state index contributed by atoms with van der Waals surface area (Å²) in [6, 6.07) is 1.19. The lowest BCUT2D eigenvalue weighted by atomic mass is 10.1. The highest BCUT2D eigenvalue weighted by Gasteiger charge is 2.33. The Hall–Kier alpha value is -1.80. The van der Waals surface area contributed by atoms with E-state index in [0.29, 0.717) is 0 Å². The Morgan fingerprint density at radius 2 is 2.10 bits per heavy atom. The fourth-order valence-electron chi connectivity index (χ4n) is 2.18. The zero-order valence-electron chi connectivity index (χ0n) is 11.3. The Morgan fingerprint density at radius 1 is 1.48 bits per heavy atom. The zero-order valence-corrected chi connectivity index (χ0v) is 12.1. The maximum absolute atomic E-state index is 14.2. The molecule has 21 heavy (non-hydrogen) atoms. The molecular weight excluding hydrogens is 302 g/mol. The standard InChI is InChI=1S/C13H14F2N2O3S/c1-19-13(18)10-6-20-3-2-17(10)11-8(14)4-7(12(16)21)5-9(11)15/h4-5,10H,2-3,6H2,1H3,(H2,16,21). The van der Waals surface area contributed by atoms with Crippen LogP contribution in [0.25, 0.3) is 0 Å². The molecule has 114 valence electrons. The molecule has 0 aromatic heterocycles. The molecular formula is C13H14F2N2O3S. The molecule has 2 rings (SSSR count). The van der Waals surface area contributed by atoms with E-state index >= 15 is 0 Å². The van der Waals surface area contributed by atoms with Crippen LogP contribution in [0.2, 0.25) is 0 Å². The number of nitrogens with zero attached hydrogens (tertiary/aromatic N) is 1. The van der Waals surface area contributed by atoms with E-state index in [1.165, 1.54) is 12.0 Å². The number of anilines is 1. The minimum atomic E-state index is -0.900. The summed E-state index contributed by atoms with van der Waals surface area (Å²) in [5, 5.41) is 0. The second-order valence-corrected chi connectivity index (χ2v) is 4.90. The number of carbonyl (C=O) groups excluding carboxylic acids is 1. The Morgan fingerprint density at radius 3 is 2.62 bits per heavy atom. The molecule has 1 atom stereocenters. The van der Waals surface area contributed by atoms with Gasteiger partial charge in [-0.15, -0.1) is 0 Å². The summed E-state index contributed by atoms with van der Waals surface area (Å²) in [6.07, 6.45) is 0. The third-order valence-electron chi connectivity index (χ3n) is 3.19. The minimum absolute atomic E-state index is 0.00259. The van der Waals surface area contributed by atoms with E-state index in [0.717, 1.165) is 12.1 Å². The Bertz CT molecular complexity index is 560. The van der Waals surface area contributed by atoms with Gasteiger partial charge in [-0.05, 0) is 12.1 Å². The molecule has 1 saturated heterocycles. The van der Waals surface area contributed by atoms with Crippen molar-refractivity contribution < 1.29 is 23.0 Å². The van der Waals surface area contributed by atoms with Crippen LogP contribution in [0.15, 0.2) is 12.1 Å². The number of methoxy groups -OCH3 is 1. The first-order chi connectivity index (χ1) is 9.95. The van der Waals surface area contributed by atoms with Crippen LogP contribution in [0.5, 0.6) is 0 Å². The van der Waals surface area contributed by atoms with Crippen molar-refractivity contribution in [3.05, 3.63) is 29.3 Å². The van der Waals surface area contributed by atoms with Crippen molar-refractivity contribution in [3.63, 3.8) is 0 Å². The normalized spacial score (nSPS) is 18.4. The first-order valence-electron chi connectivity index (χ1n) is 6.16. The molecule has 1 unspecified atom stereocenters. The van der Waals surface area contributed by atoms with Crippen LogP contribution in [-0.2, 0) is 14.3 Å². The summed E-state index contributed by atoms with van der Waals surface area (Å²) in [4.78, 5) is 12.9. The lowest BCUT2D eigenvalue weighted by Gasteiger charge is -2.35. The summed E-state index contributed by atoms with van der Waals surface area (Å²) in [6.45, 7) is 0.423. The van der Waals surface area contributed by atoms with E-state index in [1.807, 2.05) is 0 Å². The fraction of sp³-hybridized carbons (Fsp3) is 0.385. The number of carbonyl (C=O) groups is 1. The molecule has 1 aliphatic rings. The lowest BCUT2D eigenvalue weighted by molar-refractivity contribution is -0.144. The maximum Gasteiger partial charge on any atom is 0.330 e. The van der Waals surface area contributed by atoms with Gasteiger partial charge < -0.3 is 20.1 Å². The Balaban J connectivity index is 2.43. The lowest BCUT2D eigenvalue weighted by Crippen LogP contribution is -2.51.